The quantitative estimate of drug-likeness (QED) is 0.568. The maximum atomic E-state index is 13.5. The van der Waals surface area contributed by atoms with Crippen molar-refractivity contribution in [3.8, 4) is 5.75 Å². The molecule has 2 aromatic carbocycles. The Kier molecular flexibility index (Phi) is 6.60. The molecule has 2 heterocycles. The van der Waals surface area contributed by atoms with Crippen molar-refractivity contribution in [3.05, 3.63) is 60.2 Å². The Bertz CT molecular complexity index is 1220. The Morgan fingerprint density at radius 1 is 1.21 bits per heavy atom. The van der Waals surface area contributed by atoms with Gasteiger partial charge in [-0.3, -0.25) is 9.59 Å². The maximum absolute atomic E-state index is 13.5. The zero-order chi connectivity index (χ0) is 24.3. The van der Waals surface area contributed by atoms with Gasteiger partial charge in [0.05, 0.1) is 5.52 Å². The number of piperazine rings is 1. The number of nitrogen functional groups attached to an aromatic ring is 1. The molecule has 1 fully saturated rings. The molecule has 3 aromatic rings. The summed E-state index contributed by atoms with van der Waals surface area (Å²) < 4.78 is 24.6. The van der Waals surface area contributed by atoms with Crippen LogP contribution in [0.1, 0.15) is 19.4 Å². The van der Waals surface area contributed by atoms with Gasteiger partial charge in [-0.25, -0.2) is 14.4 Å². The predicted molar refractivity (Wildman–Crippen MR) is 123 cm³/mol. The largest absolute Gasteiger partial charge is 0.484 e. The van der Waals surface area contributed by atoms with Crippen LogP contribution in [-0.2, 0) is 20.9 Å². The van der Waals surface area contributed by atoms with Crippen molar-refractivity contribution in [3.63, 3.8) is 0 Å². The number of nitrogens with zero attached hydrogens (tertiary/aromatic N) is 4. The zero-order valence-corrected chi connectivity index (χ0v) is 19.0. The van der Waals surface area contributed by atoms with Crippen molar-refractivity contribution < 1.29 is 23.5 Å². The Morgan fingerprint density at radius 3 is 2.79 bits per heavy atom. The second kappa shape index (κ2) is 9.60. The molecule has 0 unspecified atom stereocenters. The van der Waals surface area contributed by atoms with Crippen LogP contribution in [0, 0.1) is 5.82 Å². The molecule has 10 heteroatoms. The molecule has 4 rings (SSSR count). The summed E-state index contributed by atoms with van der Waals surface area (Å²) in [7, 11) is 0. The van der Waals surface area contributed by atoms with Gasteiger partial charge >= 0.3 is 0 Å². The van der Waals surface area contributed by atoms with Gasteiger partial charge in [-0.15, -0.1) is 0 Å². The van der Waals surface area contributed by atoms with E-state index >= 15 is 0 Å². The number of halogens is 1. The molecule has 0 bridgehead atoms. The summed E-state index contributed by atoms with van der Waals surface area (Å²) in [6, 6.07) is 11.1. The number of rotatable bonds is 7. The molecule has 0 radical (unpaired) electrons. The third kappa shape index (κ3) is 4.62. The molecule has 1 saturated heterocycles. The monoisotopic (exact) mass is 467 g/mol. The summed E-state index contributed by atoms with van der Waals surface area (Å²) in [5, 5.41) is 0.741. The molecule has 1 aliphatic rings. The van der Waals surface area contributed by atoms with Gasteiger partial charge < -0.3 is 25.0 Å². The lowest BCUT2D eigenvalue weighted by molar-refractivity contribution is -0.201. The fraction of sp³-hybridized carbons (Fsp3) is 0.333. The minimum atomic E-state index is -1.49. The second-order valence-electron chi connectivity index (χ2n) is 8.04. The Balaban J connectivity index is 1.49. The molecule has 178 valence electrons. The first kappa shape index (κ1) is 23.4. The number of benzene rings is 2. The zero-order valence-electron chi connectivity index (χ0n) is 19.0. The van der Waals surface area contributed by atoms with Crippen LogP contribution in [0.4, 0.5) is 10.2 Å². The molecular weight excluding hydrogens is 441 g/mol. The predicted octanol–water partition coefficient (Wildman–Crippen LogP) is 2.35. The molecule has 1 aliphatic heterocycles. The third-order valence-corrected chi connectivity index (χ3v) is 5.78. The van der Waals surface area contributed by atoms with Gasteiger partial charge in [0.1, 0.15) is 23.7 Å². The Hall–Kier alpha value is -3.79. The fourth-order valence-electron chi connectivity index (χ4n) is 4.10. The highest BCUT2D eigenvalue weighted by Crippen LogP contribution is 2.27. The molecule has 2 N–H and O–H groups in total. The lowest BCUT2D eigenvalue weighted by Gasteiger charge is -2.46. The SMILES string of the molecule is CCO[C@@]1(C)C(=O)N(Cc2ccc3c(N)ncnc3c2)CCN1C(=O)COc1cccc(F)c1. The number of amides is 2. The highest BCUT2D eigenvalue weighted by Gasteiger charge is 2.48. The van der Waals surface area contributed by atoms with Crippen molar-refractivity contribution in [2.75, 3.05) is 32.0 Å². The van der Waals surface area contributed by atoms with Crippen LogP contribution < -0.4 is 10.5 Å². The standard InChI is InChI=1S/C24H26FN5O4/c1-3-34-24(2)23(32)29(13-16-7-8-19-20(11-16)27-15-28-22(19)26)9-10-30(24)21(31)14-33-18-6-4-5-17(25)12-18/h4-8,11-12,15H,3,9-10,13-14H2,1-2H3,(H2,26,27,28)/t24-/m0/s1. The van der Waals surface area contributed by atoms with E-state index in [-0.39, 0.29) is 31.4 Å². The molecule has 1 aromatic heterocycles. The number of ether oxygens (including phenoxy) is 2. The van der Waals surface area contributed by atoms with E-state index in [2.05, 4.69) is 9.97 Å². The number of anilines is 1. The van der Waals surface area contributed by atoms with Crippen LogP contribution in [0.5, 0.6) is 5.75 Å². The van der Waals surface area contributed by atoms with Gasteiger partial charge in [0.25, 0.3) is 11.8 Å². The van der Waals surface area contributed by atoms with Gasteiger partial charge in [-0.05, 0) is 43.7 Å². The van der Waals surface area contributed by atoms with Crippen LogP contribution in [0.15, 0.2) is 48.8 Å². The number of nitrogens with two attached hydrogens (primary N) is 1. The van der Waals surface area contributed by atoms with Crippen molar-refractivity contribution in [2.45, 2.75) is 26.1 Å². The van der Waals surface area contributed by atoms with Crippen LogP contribution in [0.25, 0.3) is 10.9 Å². The Morgan fingerprint density at radius 2 is 2.03 bits per heavy atom. The smallest absolute Gasteiger partial charge is 0.276 e. The minimum absolute atomic E-state index is 0.233. The lowest BCUT2D eigenvalue weighted by atomic mass is 10.1. The molecule has 0 saturated carbocycles. The van der Waals surface area contributed by atoms with Crippen LogP contribution in [0.3, 0.4) is 0 Å². The average molecular weight is 468 g/mol. The van der Waals surface area contributed by atoms with E-state index in [1.54, 1.807) is 24.8 Å². The van der Waals surface area contributed by atoms with E-state index < -0.39 is 17.4 Å². The van der Waals surface area contributed by atoms with Gasteiger partial charge in [0.2, 0.25) is 5.72 Å². The van der Waals surface area contributed by atoms with E-state index in [1.165, 1.54) is 29.4 Å². The highest BCUT2D eigenvalue weighted by atomic mass is 19.1. The van der Waals surface area contributed by atoms with Gasteiger partial charge in [-0.2, -0.15) is 0 Å². The number of carbonyl (C=O) groups is 2. The summed E-state index contributed by atoms with van der Waals surface area (Å²) in [6.07, 6.45) is 1.40. The van der Waals surface area contributed by atoms with Gasteiger partial charge in [0, 0.05) is 37.7 Å². The third-order valence-electron chi connectivity index (χ3n) is 5.78. The number of carbonyl (C=O) groups excluding carboxylic acids is 2. The highest BCUT2D eigenvalue weighted by molar-refractivity contribution is 5.92. The summed E-state index contributed by atoms with van der Waals surface area (Å²) in [4.78, 5) is 37.7. The number of aromatic nitrogens is 2. The van der Waals surface area contributed by atoms with Crippen molar-refractivity contribution in [1.29, 1.82) is 0 Å². The number of fused-ring (bicyclic) bond motifs is 1. The van der Waals surface area contributed by atoms with E-state index in [0.717, 1.165) is 10.9 Å². The average Bonchev–Trinajstić information content (AvgIpc) is 2.81. The van der Waals surface area contributed by atoms with E-state index in [4.69, 9.17) is 15.2 Å². The first-order valence-corrected chi connectivity index (χ1v) is 10.9. The first-order chi connectivity index (χ1) is 16.3. The Labute approximate surface area is 196 Å². The summed E-state index contributed by atoms with van der Waals surface area (Å²) in [5.74, 6) is -0.592. The summed E-state index contributed by atoms with van der Waals surface area (Å²) >= 11 is 0. The van der Waals surface area contributed by atoms with E-state index in [0.29, 0.717) is 24.4 Å². The molecule has 1 atom stereocenters. The van der Waals surface area contributed by atoms with E-state index in [9.17, 15) is 14.0 Å². The van der Waals surface area contributed by atoms with Gasteiger partial charge in [-0.1, -0.05) is 12.1 Å². The van der Waals surface area contributed by atoms with E-state index in [1.807, 2.05) is 18.2 Å². The molecule has 0 spiro atoms. The van der Waals surface area contributed by atoms with Gasteiger partial charge in [0.15, 0.2) is 6.61 Å². The first-order valence-electron chi connectivity index (χ1n) is 10.9. The van der Waals surface area contributed by atoms with Crippen molar-refractivity contribution in [1.82, 2.24) is 19.8 Å². The summed E-state index contributed by atoms with van der Waals surface area (Å²) in [5.41, 5.74) is 5.96. The van der Waals surface area contributed by atoms with Crippen LogP contribution >= 0.6 is 0 Å². The molecule has 2 amide bonds. The molecular formula is C24H26FN5O4. The molecule has 34 heavy (non-hydrogen) atoms. The topological polar surface area (TPSA) is 111 Å². The molecule has 0 aliphatic carbocycles. The fourth-order valence-corrected chi connectivity index (χ4v) is 4.10. The molecule has 9 nitrogen and oxygen atoms in total. The summed E-state index contributed by atoms with van der Waals surface area (Å²) in [6.45, 7) is 4.13. The maximum Gasteiger partial charge on any atom is 0.276 e. The number of hydrogen-bond acceptors (Lipinski definition) is 7. The lowest BCUT2D eigenvalue weighted by Crippen LogP contribution is -2.67. The normalized spacial score (nSPS) is 18.4. The van der Waals surface area contributed by atoms with Crippen molar-refractivity contribution >= 4 is 28.5 Å². The van der Waals surface area contributed by atoms with Crippen molar-refractivity contribution in [2.24, 2.45) is 0 Å². The number of hydrogen-bond donors (Lipinski definition) is 1. The van der Waals surface area contributed by atoms with Crippen LogP contribution in [0.2, 0.25) is 0 Å². The van der Waals surface area contributed by atoms with Crippen LogP contribution in [-0.4, -0.2) is 63.6 Å². The minimum Gasteiger partial charge on any atom is -0.484 e. The second-order valence-corrected chi connectivity index (χ2v) is 8.04.